The average molecular weight is 362 g/mol. The molecule has 0 aliphatic rings. The molecule has 2 aromatic rings. The fourth-order valence-corrected chi connectivity index (χ4v) is 2.96. The van der Waals surface area contributed by atoms with Crippen LogP contribution in [0.15, 0.2) is 29.1 Å². The van der Waals surface area contributed by atoms with Gasteiger partial charge in [0.1, 0.15) is 0 Å². The van der Waals surface area contributed by atoms with E-state index in [9.17, 15) is 9.90 Å². The molecule has 6 heteroatoms. The van der Waals surface area contributed by atoms with Gasteiger partial charge in [-0.3, -0.25) is 4.79 Å². The van der Waals surface area contributed by atoms with Gasteiger partial charge in [0.25, 0.3) is 5.56 Å². The van der Waals surface area contributed by atoms with Crippen molar-refractivity contribution in [1.29, 1.82) is 0 Å². The summed E-state index contributed by atoms with van der Waals surface area (Å²) < 4.78 is 0. The van der Waals surface area contributed by atoms with E-state index in [4.69, 9.17) is 12.2 Å². The van der Waals surface area contributed by atoms with Gasteiger partial charge in [0.05, 0.1) is 13.2 Å². The van der Waals surface area contributed by atoms with E-state index in [0.717, 1.165) is 36.7 Å². The van der Waals surface area contributed by atoms with Gasteiger partial charge in [-0.2, -0.15) is 0 Å². The number of hydrogen-bond donors (Lipinski definition) is 3. The van der Waals surface area contributed by atoms with Gasteiger partial charge in [-0.15, -0.1) is 0 Å². The molecule has 0 aliphatic heterocycles. The molecule has 0 aliphatic carbocycles. The highest BCUT2D eigenvalue weighted by Gasteiger charge is 2.12. The predicted octanol–water partition coefficient (Wildman–Crippen LogP) is 2.56. The number of aromatic amines is 1. The number of fused-ring (bicyclic) bond motifs is 1. The number of H-pyrrole nitrogens is 1. The van der Waals surface area contributed by atoms with Gasteiger partial charge >= 0.3 is 0 Å². The van der Waals surface area contributed by atoms with Gasteiger partial charge in [-0.1, -0.05) is 26.3 Å². The first kappa shape index (κ1) is 19.4. The van der Waals surface area contributed by atoms with Crippen molar-refractivity contribution in [2.24, 2.45) is 0 Å². The molecule has 136 valence electrons. The van der Waals surface area contributed by atoms with Gasteiger partial charge in [0.2, 0.25) is 0 Å². The van der Waals surface area contributed by atoms with Crippen molar-refractivity contribution in [3.05, 3.63) is 45.7 Å². The quantitative estimate of drug-likeness (QED) is 0.498. The number of aliphatic hydroxyl groups is 1. The lowest BCUT2D eigenvalue weighted by Gasteiger charge is -2.25. The minimum Gasteiger partial charge on any atom is -0.395 e. The first-order valence-electron chi connectivity index (χ1n) is 8.87. The van der Waals surface area contributed by atoms with Crippen LogP contribution in [0.3, 0.4) is 0 Å². The first-order chi connectivity index (χ1) is 12.1. The lowest BCUT2D eigenvalue weighted by atomic mass is 10.1. The van der Waals surface area contributed by atoms with E-state index < -0.39 is 0 Å². The molecule has 0 atom stereocenters. The van der Waals surface area contributed by atoms with E-state index in [2.05, 4.69) is 30.2 Å². The molecule has 0 saturated heterocycles. The molecule has 0 fully saturated rings. The number of nitrogens with zero attached hydrogens (tertiary/aromatic N) is 1. The SMILES string of the molecule is CCCCNC(=S)N(CCO)Cc1cc2cc(CC)ccc2[nH]c1=O. The zero-order valence-electron chi connectivity index (χ0n) is 15.0. The lowest BCUT2D eigenvalue weighted by Crippen LogP contribution is -2.42. The Balaban J connectivity index is 2.23. The predicted molar refractivity (Wildman–Crippen MR) is 107 cm³/mol. The molecule has 1 aromatic carbocycles. The molecule has 1 aromatic heterocycles. The zero-order valence-corrected chi connectivity index (χ0v) is 15.8. The maximum absolute atomic E-state index is 12.4. The van der Waals surface area contributed by atoms with E-state index in [0.29, 0.717) is 23.8 Å². The van der Waals surface area contributed by atoms with Crippen molar-refractivity contribution in [1.82, 2.24) is 15.2 Å². The Morgan fingerprint density at radius 2 is 2.12 bits per heavy atom. The van der Waals surface area contributed by atoms with Crippen molar-refractivity contribution in [2.75, 3.05) is 19.7 Å². The Kier molecular flexibility index (Phi) is 7.40. The molecule has 0 amide bonds. The fraction of sp³-hybridized carbons (Fsp3) is 0.474. The normalized spacial score (nSPS) is 10.8. The number of nitrogens with one attached hydrogen (secondary N) is 2. The standard InChI is InChI=1S/C19H27N3O2S/c1-3-5-8-20-19(25)22(9-10-23)13-16-12-15-11-14(4-2)6-7-17(15)21-18(16)24/h6-7,11-12,23H,3-5,8-10,13H2,1-2H3,(H,20,25)(H,21,24). The largest absolute Gasteiger partial charge is 0.395 e. The number of aryl methyl sites for hydroxylation is 1. The minimum absolute atomic E-state index is 0.0128. The molecule has 0 unspecified atom stereocenters. The second-order valence-corrected chi connectivity index (χ2v) is 6.52. The van der Waals surface area contributed by atoms with Crippen LogP contribution in [0, 0.1) is 0 Å². The van der Waals surface area contributed by atoms with Gasteiger partial charge in [-0.05, 0) is 54.2 Å². The van der Waals surface area contributed by atoms with E-state index in [1.54, 1.807) is 0 Å². The Hall–Kier alpha value is -1.92. The van der Waals surface area contributed by atoms with Crippen LogP contribution in [0.1, 0.15) is 37.8 Å². The highest BCUT2D eigenvalue weighted by atomic mass is 32.1. The van der Waals surface area contributed by atoms with Crippen LogP contribution < -0.4 is 10.9 Å². The van der Waals surface area contributed by atoms with Crippen molar-refractivity contribution in [3.8, 4) is 0 Å². The highest BCUT2D eigenvalue weighted by Crippen LogP contribution is 2.15. The highest BCUT2D eigenvalue weighted by molar-refractivity contribution is 7.80. The molecule has 5 nitrogen and oxygen atoms in total. The number of pyridine rings is 1. The fourth-order valence-electron chi connectivity index (χ4n) is 2.70. The van der Waals surface area contributed by atoms with Crippen molar-refractivity contribution in [2.45, 2.75) is 39.7 Å². The number of rotatable bonds is 8. The Labute approximate surface area is 154 Å². The van der Waals surface area contributed by atoms with Crippen LogP contribution in [0.2, 0.25) is 0 Å². The molecular weight excluding hydrogens is 334 g/mol. The van der Waals surface area contributed by atoms with Gasteiger partial charge in [0, 0.05) is 24.2 Å². The number of benzene rings is 1. The molecule has 3 N–H and O–H groups in total. The summed E-state index contributed by atoms with van der Waals surface area (Å²) in [4.78, 5) is 17.2. The Morgan fingerprint density at radius 3 is 2.80 bits per heavy atom. The van der Waals surface area contributed by atoms with Crippen LogP contribution in [-0.4, -0.2) is 39.8 Å². The third-order valence-electron chi connectivity index (χ3n) is 4.22. The molecule has 0 spiro atoms. The maximum atomic E-state index is 12.4. The number of thiocarbonyl (C=S) groups is 1. The molecule has 1 heterocycles. The number of unbranched alkanes of at least 4 members (excludes halogenated alkanes) is 1. The number of hydrogen-bond acceptors (Lipinski definition) is 3. The summed E-state index contributed by atoms with van der Waals surface area (Å²) in [7, 11) is 0. The Bertz CT molecular complexity index is 773. The molecule has 0 radical (unpaired) electrons. The summed E-state index contributed by atoms with van der Waals surface area (Å²) in [5, 5.41) is 14.1. The summed E-state index contributed by atoms with van der Waals surface area (Å²) in [5.74, 6) is 0. The van der Waals surface area contributed by atoms with Gasteiger partial charge in [0.15, 0.2) is 5.11 Å². The summed E-state index contributed by atoms with van der Waals surface area (Å²) in [5.41, 5.74) is 2.60. The second kappa shape index (κ2) is 9.53. The van der Waals surface area contributed by atoms with E-state index in [-0.39, 0.29) is 12.2 Å². The van der Waals surface area contributed by atoms with Gasteiger partial charge < -0.3 is 20.3 Å². The van der Waals surface area contributed by atoms with Crippen molar-refractivity contribution < 1.29 is 5.11 Å². The number of aliphatic hydroxyl groups excluding tert-OH is 1. The molecule has 0 saturated carbocycles. The smallest absolute Gasteiger partial charge is 0.253 e. The van der Waals surface area contributed by atoms with E-state index in [1.807, 2.05) is 23.1 Å². The van der Waals surface area contributed by atoms with E-state index >= 15 is 0 Å². The van der Waals surface area contributed by atoms with Crippen molar-refractivity contribution in [3.63, 3.8) is 0 Å². The molecule has 2 rings (SSSR count). The van der Waals surface area contributed by atoms with Crippen LogP contribution in [0.4, 0.5) is 0 Å². The molecule has 0 bridgehead atoms. The van der Waals surface area contributed by atoms with Crippen LogP contribution >= 0.6 is 12.2 Å². The summed E-state index contributed by atoms with van der Waals surface area (Å²) in [6.45, 7) is 5.78. The minimum atomic E-state index is -0.115. The van der Waals surface area contributed by atoms with E-state index in [1.165, 1.54) is 5.56 Å². The lowest BCUT2D eigenvalue weighted by molar-refractivity contribution is 0.245. The van der Waals surface area contributed by atoms with Crippen LogP contribution in [0.5, 0.6) is 0 Å². The summed E-state index contributed by atoms with van der Waals surface area (Å²) in [6.07, 6.45) is 3.07. The Morgan fingerprint density at radius 1 is 1.32 bits per heavy atom. The third kappa shape index (κ3) is 5.28. The average Bonchev–Trinajstić information content (AvgIpc) is 2.61. The topological polar surface area (TPSA) is 68.4 Å². The van der Waals surface area contributed by atoms with Gasteiger partial charge in [-0.25, -0.2) is 0 Å². The van der Waals surface area contributed by atoms with Crippen LogP contribution in [0.25, 0.3) is 10.9 Å². The molecule has 25 heavy (non-hydrogen) atoms. The summed E-state index contributed by atoms with van der Waals surface area (Å²) in [6, 6.07) is 8.00. The monoisotopic (exact) mass is 361 g/mol. The number of aromatic nitrogens is 1. The van der Waals surface area contributed by atoms with Crippen LogP contribution in [-0.2, 0) is 13.0 Å². The first-order valence-corrected chi connectivity index (χ1v) is 9.28. The molecular formula is C19H27N3O2S. The summed E-state index contributed by atoms with van der Waals surface area (Å²) >= 11 is 5.42. The second-order valence-electron chi connectivity index (χ2n) is 6.13. The van der Waals surface area contributed by atoms with Crippen molar-refractivity contribution >= 4 is 28.2 Å². The maximum Gasteiger partial charge on any atom is 0.253 e. The third-order valence-corrected chi connectivity index (χ3v) is 4.62. The zero-order chi connectivity index (χ0) is 18.2.